The highest BCUT2D eigenvalue weighted by atomic mass is 16.5. The zero-order valence-corrected chi connectivity index (χ0v) is 11.2. The Morgan fingerprint density at radius 2 is 2.15 bits per heavy atom. The maximum atomic E-state index is 5.38. The Morgan fingerprint density at radius 1 is 1.25 bits per heavy atom. The van der Waals surface area contributed by atoms with E-state index < -0.39 is 0 Å². The molecule has 0 aliphatic rings. The number of nitrogens with zero attached hydrogens (tertiary/aromatic N) is 5. The van der Waals surface area contributed by atoms with Crippen molar-refractivity contribution in [1.82, 2.24) is 24.3 Å². The van der Waals surface area contributed by atoms with Gasteiger partial charge in [0.05, 0.1) is 12.3 Å². The third-order valence-corrected chi connectivity index (χ3v) is 2.77. The lowest BCUT2D eigenvalue weighted by atomic mass is 10.3. The molecule has 0 bridgehead atoms. The summed E-state index contributed by atoms with van der Waals surface area (Å²) in [5.74, 6) is 1.01. The molecule has 0 spiro atoms. The highest BCUT2D eigenvalue weighted by molar-refractivity contribution is 5.57. The molecule has 3 rings (SSSR count). The molecule has 7 heteroatoms. The number of pyridine rings is 1. The van der Waals surface area contributed by atoms with E-state index in [0.717, 1.165) is 11.3 Å². The van der Waals surface area contributed by atoms with E-state index in [0.29, 0.717) is 24.4 Å². The molecule has 3 heterocycles. The van der Waals surface area contributed by atoms with Gasteiger partial charge in [0.15, 0.2) is 5.82 Å². The van der Waals surface area contributed by atoms with Crippen LogP contribution in [0.15, 0.2) is 30.6 Å². The third-order valence-electron chi connectivity index (χ3n) is 2.77. The predicted molar refractivity (Wildman–Crippen MR) is 74.7 cm³/mol. The third kappa shape index (κ3) is 2.13. The number of rotatable bonds is 4. The van der Waals surface area contributed by atoms with Crippen LogP contribution in [0, 0.1) is 0 Å². The molecule has 3 aromatic rings. The second-order valence-electron chi connectivity index (χ2n) is 4.01. The Labute approximate surface area is 115 Å². The molecule has 0 radical (unpaired) electrons. The van der Waals surface area contributed by atoms with Gasteiger partial charge in [0.2, 0.25) is 5.95 Å². The largest absolute Gasteiger partial charge is 0.464 e. The molecule has 0 aliphatic carbocycles. The molecular weight excluding hydrogens is 256 g/mol. The normalized spacial score (nSPS) is 10.7. The van der Waals surface area contributed by atoms with Gasteiger partial charge in [-0.2, -0.15) is 15.0 Å². The lowest BCUT2D eigenvalue weighted by molar-refractivity contribution is 0.312. The van der Waals surface area contributed by atoms with E-state index >= 15 is 0 Å². The summed E-state index contributed by atoms with van der Waals surface area (Å²) >= 11 is 0. The monoisotopic (exact) mass is 270 g/mol. The van der Waals surface area contributed by atoms with Gasteiger partial charge >= 0.3 is 6.01 Å². The number of aromatic nitrogens is 5. The summed E-state index contributed by atoms with van der Waals surface area (Å²) in [7, 11) is 1.76. The fourth-order valence-corrected chi connectivity index (χ4v) is 1.91. The molecule has 0 aliphatic heterocycles. The van der Waals surface area contributed by atoms with Gasteiger partial charge in [-0.15, -0.1) is 0 Å². The first-order valence-corrected chi connectivity index (χ1v) is 6.31. The quantitative estimate of drug-likeness (QED) is 0.776. The van der Waals surface area contributed by atoms with Crippen molar-refractivity contribution in [3.8, 4) is 17.5 Å². The number of nitrogens with one attached hydrogen (secondary N) is 1. The van der Waals surface area contributed by atoms with Crippen LogP contribution in [0.4, 0.5) is 5.95 Å². The van der Waals surface area contributed by atoms with Gasteiger partial charge in [0.25, 0.3) is 0 Å². The molecule has 20 heavy (non-hydrogen) atoms. The zero-order valence-electron chi connectivity index (χ0n) is 11.2. The van der Waals surface area contributed by atoms with Crippen molar-refractivity contribution in [1.29, 1.82) is 0 Å². The fraction of sp³-hybridized carbons (Fsp3) is 0.231. The van der Waals surface area contributed by atoms with Gasteiger partial charge in [0, 0.05) is 19.4 Å². The van der Waals surface area contributed by atoms with Crippen LogP contribution in [-0.2, 0) is 0 Å². The molecule has 0 fully saturated rings. The number of fused-ring (bicyclic) bond motifs is 1. The smallest absolute Gasteiger partial charge is 0.321 e. The minimum Gasteiger partial charge on any atom is -0.464 e. The molecule has 102 valence electrons. The topological polar surface area (TPSA) is 77.2 Å². The molecule has 7 nitrogen and oxygen atoms in total. The van der Waals surface area contributed by atoms with Crippen molar-refractivity contribution < 1.29 is 4.74 Å². The summed E-state index contributed by atoms with van der Waals surface area (Å²) in [5, 5.41) is 2.91. The van der Waals surface area contributed by atoms with Gasteiger partial charge < -0.3 is 10.1 Å². The Morgan fingerprint density at radius 3 is 2.95 bits per heavy atom. The number of hydrogen-bond acceptors (Lipinski definition) is 6. The molecule has 0 saturated heterocycles. The number of imidazole rings is 1. The van der Waals surface area contributed by atoms with E-state index in [1.54, 1.807) is 13.2 Å². The fourth-order valence-electron chi connectivity index (χ4n) is 1.91. The van der Waals surface area contributed by atoms with Crippen molar-refractivity contribution in [2.45, 2.75) is 6.92 Å². The summed E-state index contributed by atoms with van der Waals surface area (Å²) in [6.07, 6.45) is 3.61. The highest BCUT2D eigenvalue weighted by Gasteiger charge is 2.11. The summed E-state index contributed by atoms with van der Waals surface area (Å²) < 4.78 is 7.30. The van der Waals surface area contributed by atoms with E-state index in [1.165, 1.54) is 0 Å². The lowest BCUT2D eigenvalue weighted by Gasteiger charge is -2.08. The van der Waals surface area contributed by atoms with E-state index in [-0.39, 0.29) is 0 Å². The predicted octanol–water partition coefficient (Wildman–Crippen LogP) is 1.63. The van der Waals surface area contributed by atoms with Crippen LogP contribution >= 0.6 is 0 Å². The average molecular weight is 270 g/mol. The summed E-state index contributed by atoms with van der Waals surface area (Å²) in [4.78, 5) is 17.1. The summed E-state index contributed by atoms with van der Waals surface area (Å²) in [6, 6.07) is 6.08. The molecule has 0 atom stereocenters. The molecule has 3 aromatic heterocycles. The van der Waals surface area contributed by atoms with Gasteiger partial charge in [-0.1, -0.05) is 6.07 Å². The van der Waals surface area contributed by atoms with Crippen LogP contribution in [-0.4, -0.2) is 38.0 Å². The Balaban J connectivity index is 2.17. The zero-order chi connectivity index (χ0) is 13.9. The van der Waals surface area contributed by atoms with Crippen LogP contribution in [0.2, 0.25) is 0 Å². The first-order chi connectivity index (χ1) is 9.81. The van der Waals surface area contributed by atoms with Crippen LogP contribution in [0.1, 0.15) is 6.92 Å². The van der Waals surface area contributed by atoms with Crippen molar-refractivity contribution >= 4 is 11.6 Å². The highest BCUT2D eigenvalue weighted by Crippen LogP contribution is 2.19. The first-order valence-electron chi connectivity index (χ1n) is 6.31. The van der Waals surface area contributed by atoms with Gasteiger partial charge in [-0.3, -0.25) is 4.40 Å². The van der Waals surface area contributed by atoms with Gasteiger partial charge in [0.1, 0.15) is 5.65 Å². The minimum atomic E-state index is 0.305. The van der Waals surface area contributed by atoms with Crippen molar-refractivity contribution in [2.75, 3.05) is 19.0 Å². The van der Waals surface area contributed by atoms with Crippen LogP contribution in [0.5, 0.6) is 6.01 Å². The minimum absolute atomic E-state index is 0.305. The maximum absolute atomic E-state index is 5.38. The molecule has 0 amide bonds. The standard InChI is InChI=1S/C13H14N6O/c1-3-20-13-17-11(16-12(14-2)18-13)9-5-4-6-10-15-7-8-19(9)10/h4-8H,3H2,1-2H3,(H,14,16,17,18). The maximum Gasteiger partial charge on any atom is 0.321 e. The number of hydrogen-bond donors (Lipinski definition) is 1. The summed E-state index contributed by atoms with van der Waals surface area (Å²) in [6.45, 7) is 2.39. The molecule has 0 unspecified atom stereocenters. The van der Waals surface area contributed by atoms with Crippen LogP contribution < -0.4 is 10.1 Å². The van der Waals surface area contributed by atoms with E-state index in [9.17, 15) is 0 Å². The van der Waals surface area contributed by atoms with Crippen LogP contribution in [0.3, 0.4) is 0 Å². The van der Waals surface area contributed by atoms with E-state index in [2.05, 4.69) is 25.3 Å². The SMILES string of the molecule is CCOc1nc(NC)nc(-c2cccc3nccn23)n1. The molecule has 0 saturated carbocycles. The van der Waals surface area contributed by atoms with Crippen molar-refractivity contribution in [2.24, 2.45) is 0 Å². The van der Waals surface area contributed by atoms with Gasteiger partial charge in [-0.05, 0) is 19.1 Å². The van der Waals surface area contributed by atoms with Crippen molar-refractivity contribution in [3.05, 3.63) is 30.6 Å². The van der Waals surface area contributed by atoms with Crippen molar-refractivity contribution in [3.63, 3.8) is 0 Å². The molecule has 0 aromatic carbocycles. The second-order valence-corrected chi connectivity index (χ2v) is 4.01. The van der Waals surface area contributed by atoms with Gasteiger partial charge in [-0.25, -0.2) is 4.98 Å². The second kappa shape index (κ2) is 5.12. The summed E-state index contributed by atoms with van der Waals surface area (Å²) in [5.41, 5.74) is 1.67. The first kappa shape index (κ1) is 12.3. The number of anilines is 1. The lowest BCUT2D eigenvalue weighted by Crippen LogP contribution is -2.06. The Hall–Kier alpha value is -2.70. The molecular formula is C13H14N6O. The Bertz CT molecular complexity index is 739. The van der Waals surface area contributed by atoms with E-state index in [4.69, 9.17) is 4.74 Å². The Kier molecular flexibility index (Phi) is 3.16. The molecule has 1 N–H and O–H groups in total. The van der Waals surface area contributed by atoms with E-state index in [1.807, 2.05) is 35.7 Å². The number of ether oxygens (including phenoxy) is 1. The average Bonchev–Trinajstić information content (AvgIpc) is 2.95. The van der Waals surface area contributed by atoms with Crippen LogP contribution in [0.25, 0.3) is 17.2 Å².